The van der Waals surface area contributed by atoms with E-state index < -0.39 is 0 Å². The number of nitrogens with zero attached hydrogens (tertiary/aromatic N) is 2. The molecule has 1 atom stereocenters. The highest BCUT2D eigenvalue weighted by Crippen LogP contribution is 2.39. The highest BCUT2D eigenvalue weighted by Gasteiger charge is 2.25. The Kier molecular flexibility index (Phi) is 5.43. The summed E-state index contributed by atoms with van der Waals surface area (Å²) in [4.78, 5) is 23.5. The van der Waals surface area contributed by atoms with Gasteiger partial charge in [-0.1, -0.05) is 55.4 Å². The van der Waals surface area contributed by atoms with Gasteiger partial charge in [-0.15, -0.1) is 11.3 Å². The molecule has 1 aliphatic rings. The lowest BCUT2D eigenvalue weighted by Crippen LogP contribution is -2.21. The van der Waals surface area contributed by atoms with Crippen LogP contribution >= 0.6 is 23.1 Å². The van der Waals surface area contributed by atoms with Gasteiger partial charge in [0, 0.05) is 16.9 Å². The second-order valence-electron chi connectivity index (χ2n) is 6.58. The molecule has 0 saturated carbocycles. The minimum Gasteiger partial charge on any atom is -0.383 e. The van der Waals surface area contributed by atoms with Crippen molar-refractivity contribution in [3.05, 3.63) is 46.3 Å². The van der Waals surface area contributed by atoms with Crippen LogP contribution in [-0.2, 0) is 17.8 Å². The highest BCUT2D eigenvalue weighted by molar-refractivity contribution is 7.99. The third kappa shape index (κ3) is 3.85. The molecule has 0 radical (unpaired) electrons. The Balaban J connectivity index is 1.55. The zero-order chi connectivity index (χ0) is 18.8. The van der Waals surface area contributed by atoms with Crippen molar-refractivity contribution >= 4 is 44.9 Å². The average Bonchev–Trinajstić information content (AvgIpc) is 3.05. The van der Waals surface area contributed by atoms with Gasteiger partial charge in [-0.3, -0.25) is 4.79 Å². The predicted molar refractivity (Wildman–Crippen MR) is 111 cm³/mol. The molecule has 27 heavy (non-hydrogen) atoms. The molecule has 0 aliphatic carbocycles. The largest absolute Gasteiger partial charge is 0.383 e. The van der Waals surface area contributed by atoms with E-state index in [-0.39, 0.29) is 11.9 Å². The molecular weight excluding hydrogens is 378 g/mol. The Bertz CT molecular complexity index is 972. The zero-order valence-electron chi connectivity index (χ0n) is 15.1. The monoisotopic (exact) mass is 399 g/mol. The average molecular weight is 400 g/mol. The molecule has 0 unspecified atom stereocenters. The third-order valence-corrected chi connectivity index (χ3v) is 6.61. The van der Waals surface area contributed by atoms with Crippen molar-refractivity contribution in [2.75, 3.05) is 11.5 Å². The fourth-order valence-electron chi connectivity index (χ4n) is 3.33. The second-order valence-corrected chi connectivity index (χ2v) is 8.61. The highest BCUT2D eigenvalue weighted by atomic mass is 32.2. The number of ether oxygens (including phenoxy) is 1. The van der Waals surface area contributed by atoms with Gasteiger partial charge in [0.25, 0.3) is 0 Å². The smallest absolute Gasteiger partial charge is 0.191 e. The van der Waals surface area contributed by atoms with Gasteiger partial charge in [0.05, 0.1) is 23.8 Å². The van der Waals surface area contributed by atoms with Crippen molar-refractivity contribution in [1.29, 1.82) is 0 Å². The maximum atomic E-state index is 12.3. The summed E-state index contributed by atoms with van der Waals surface area (Å²) in [6.07, 6.45) is 3.27. The molecule has 3 heterocycles. The van der Waals surface area contributed by atoms with Crippen molar-refractivity contribution in [3.63, 3.8) is 0 Å². The summed E-state index contributed by atoms with van der Waals surface area (Å²) in [6.45, 7) is 2.79. The molecule has 0 amide bonds. The number of benzene rings is 1. The number of thioether (sulfide) groups is 1. The number of carbonyl (C=O) groups is 1. The van der Waals surface area contributed by atoms with Gasteiger partial charge in [-0.25, -0.2) is 9.97 Å². The fraction of sp³-hybridized carbons (Fsp3) is 0.350. The normalized spacial score (nSPS) is 16.4. The number of hydrogen-bond donors (Lipinski definition) is 1. The molecule has 0 fully saturated rings. The number of carbonyl (C=O) groups excluding carboxylic acids is 1. The van der Waals surface area contributed by atoms with E-state index in [1.807, 2.05) is 30.3 Å². The Hall–Kier alpha value is -1.96. The van der Waals surface area contributed by atoms with Gasteiger partial charge in [0.15, 0.2) is 10.9 Å². The van der Waals surface area contributed by atoms with Crippen LogP contribution in [0.3, 0.4) is 0 Å². The summed E-state index contributed by atoms with van der Waals surface area (Å²) >= 11 is 2.96. The number of anilines is 1. The second kappa shape index (κ2) is 7.96. The van der Waals surface area contributed by atoms with E-state index in [2.05, 4.69) is 16.9 Å². The first-order valence-corrected chi connectivity index (χ1v) is 10.9. The molecule has 1 aliphatic heterocycles. The Morgan fingerprint density at radius 2 is 2.15 bits per heavy atom. The van der Waals surface area contributed by atoms with Crippen LogP contribution in [0.2, 0.25) is 0 Å². The lowest BCUT2D eigenvalue weighted by molar-refractivity contribution is 0.0254. The summed E-state index contributed by atoms with van der Waals surface area (Å²) in [5.74, 6) is 0.857. The molecular formula is C20H21N3O2S2. The number of hydrogen-bond acceptors (Lipinski definition) is 7. The number of rotatable bonds is 6. The fourth-order valence-corrected chi connectivity index (χ4v) is 5.27. The Morgan fingerprint density at radius 3 is 2.93 bits per heavy atom. The first kappa shape index (κ1) is 18.4. The number of nitrogen functional groups attached to an aromatic ring is 1. The van der Waals surface area contributed by atoms with Crippen LogP contribution < -0.4 is 5.73 Å². The van der Waals surface area contributed by atoms with Gasteiger partial charge in [-0.2, -0.15) is 0 Å². The molecule has 2 N–H and O–H groups in total. The van der Waals surface area contributed by atoms with E-state index in [4.69, 9.17) is 10.5 Å². The molecule has 0 bridgehead atoms. The number of thiophene rings is 1. The summed E-state index contributed by atoms with van der Waals surface area (Å²) in [5, 5.41) is 1.52. The van der Waals surface area contributed by atoms with Gasteiger partial charge in [-0.05, 0) is 12.0 Å². The van der Waals surface area contributed by atoms with Gasteiger partial charge < -0.3 is 10.5 Å². The van der Waals surface area contributed by atoms with Gasteiger partial charge in [0.2, 0.25) is 0 Å². The maximum absolute atomic E-state index is 12.3. The van der Waals surface area contributed by atoms with Crippen LogP contribution in [0.5, 0.6) is 0 Å². The molecule has 5 nitrogen and oxygen atoms in total. The summed E-state index contributed by atoms with van der Waals surface area (Å²) < 4.78 is 5.94. The lowest BCUT2D eigenvalue weighted by Gasteiger charge is -2.22. The predicted octanol–water partition coefficient (Wildman–Crippen LogP) is 4.49. The van der Waals surface area contributed by atoms with E-state index in [0.717, 1.165) is 29.5 Å². The lowest BCUT2D eigenvalue weighted by atomic mass is 10.0. The van der Waals surface area contributed by atoms with Gasteiger partial charge in [0.1, 0.15) is 10.6 Å². The molecule has 0 spiro atoms. The van der Waals surface area contributed by atoms with Crippen LogP contribution in [0.4, 0.5) is 5.82 Å². The minimum atomic E-state index is 0.0594. The molecule has 4 rings (SSSR count). The topological polar surface area (TPSA) is 78.1 Å². The number of ketones is 1. The van der Waals surface area contributed by atoms with Crippen LogP contribution in [0, 0.1) is 0 Å². The van der Waals surface area contributed by atoms with Crippen LogP contribution in [0.25, 0.3) is 10.2 Å². The van der Waals surface area contributed by atoms with Crippen molar-refractivity contribution in [1.82, 2.24) is 9.97 Å². The van der Waals surface area contributed by atoms with Crippen LogP contribution in [0.15, 0.2) is 35.5 Å². The van der Waals surface area contributed by atoms with Crippen molar-refractivity contribution in [2.24, 2.45) is 0 Å². The number of aromatic nitrogens is 2. The van der Waals surface area contributed by atoms with Crippen molar-refractivity contribution in [2.45, 2.75) is 44.1 Å². The number of Topliss-reactive ketones (excluding diaryl/α,β-unsaturated/α-hetero) is 1. The van der Waals surface area contributed by atoms with E-state index in [1.54, 1.807) is 11.3 Å². The van der Waals surface area contributed by atoms with Gasteiger partial charge >= 0.3 is 0 Å². The Morgan fingerprint density at radius 1 is 1.33 bits per heavy atom. The molecule has 3 aromatic rings. The third-order valence-electron chi connectivity index (χ3n) is 4.66. The van der Waals surface area contributed by atoms with E-state index in [1.165, 1.54) is 22.2 Å². The minimum absolute atomic E-state index is 0.0594. The Labute approximate surface area is 166 Å². The van der Waals surface area contributed by atoms with Crippen molar-refractivity contribution < 1.29 is 9.53 Å². The number of fused-ring (bicyclic) bond motifs is 3. The molecule has 1 aromatic carbocycles. The quantitative estimate of drug-likeness (QED) is 0.374. The summed E-state index contributed by atoms with van der Waals surface area (Å²) in [5.41, 5.74) is 8.22. The summed E-state index contributed by atoms with van der Waals surface area (Å²) in [6, 6.07) is 9.27. The van der Waals surface area contributed by atoms with Crippen LogP contribution in [0.1, 0.15) is 40.6 Å². The van der Waals surface area contributed by atoms with Crippen LogP contribution in [-0.4, -0.2) is 27.6 Å². The van der Waals surface area contributed by atoms with E-state index in [9.17, 15) is 4.79 Å². The molecule has 2 aromatic heterocycles. The number of nitrogens with two attached hydrogens (primary N) is 1. The first-order valence-electron chi connectivity index (χ1n) is 9.06. The maximum Gasteiger partial charge on any atom is 0.191 e. The van der Waals surface area contributed by atoms with Crippen molar-refractivity contribution in [3.8, 4) is 0 Å². The molecule has 0 saturated heterocycles. The standard InChI is InChI=1S/C20H21N3O2S2/c1-2-6-13-9-14-16(10-25-13)27-19-17(14)18(21)22-20(23-19)26-11-15(24)12-7-4-3-5-8-12/h3-5,7-8,13H,2,6,9-11H2,1H3,(H2,21,22,23)/t13-/m1/s1. The van der Waals surface area contributed by atoms with E-state index in [0.29, 0.717) is 28.9 Å². The molecule has 140 valence electrons. The first-order chi connectivity index (χ1) is 13.2. The van der Waals surface area contributed by atoms with E-state index >= 15 is 0 Å². The zero-order valence-corrected chi connectivity index (χ0v) is 16.7. The SMILES string of the molecule is CCC[C@@H]1Cc2c(sc3nc(SCC(=O)c4ccccc4)nc(N)c23)CO1. The molecule has 7 heteroatoms. The summed E-state index contributed by atoms with van der Waals surface area (Å²) in [7, 11) is 0.